The summed E-state index contributed by atoms with van der Waals surface area (Å²) in [6, 6.07) is 4.04. The minimum Gasteiger partial charge on any atom is -0.365 e. The first kappa shape index (κ1) is 14.4. The molecule has 0 aliphatic heterocycles. The lowest BCUT2D eigenvalue weighted by atomic mass is 10.3. The van der Waals surface area contributed by atoms with Gasteiger partial charge in [-0.25, -0.2) is 18.1 Å². The standard InChI is InChI=1S/C11H15N3O2S3/c1-12-11-14-9(7-17-11)10-4-3-8(18-10)5-6-13-19(2,15)16/h3-4,7,13H,5-6H2,1-2H3,(H,12,14). The number of thiophene rings is 1. The van der Waals surface area contributed by atoms with Crippen LogP contribution in [0.25, 0.3) is 10.6 Å². The summed E-state index contributed by atoms with van der Waals surface area (Å²) >= 11 is 3.21. The fourth-order valence-electron chi connectivity index (χ4n) is 1.51. The molecule has 2 aromatic rings. The highest BCUT2D eigenvalue weighted by Crippen LogP contribution is 2.30. The van der Waals surface area contributed by atoms with Gasteiger partial charge in [-0.05, 0) is 18.6 Å². The Balaban J connectivity index is 1.99. The molecular formula is C11H15N3O2S3. The number of nitrogens with one attached hydrogen (secondary N) is 2. The molecule has 5 nitrogen and oxygen atoms in total. The van der Waals surface area contributed by atoms with Gasteiger partial charge in [0, 0.05) is 23.8 Å². The number of nitrogens with zero attached hydrogens (tertiary/aromatic N) is 1. The molecule has 0 fully saturated rings. The molecule has 0 radical (unpaired) electrons. The summed E-state index contributed by atoms with van der Waals surface area (Å²) in [6.45, 7) is 0.428. The number of hydrogen-bond acceptors (Lipinski definition) is 6. The number of thiazole rings is 1. The van der Waals surface area contributed by atoms with Gasteiger partial charge in [-0.2, -0.15) is 0 Å². The average molecular weight is 317 g/mol. The average Bonchev–Trinajstić information content (AvgIpc) is 2.94. The van der Waals surface area contributed by atoms with Crippen LogP contribution >= 0.6 is 22.7 Å². The Morgan fingerprint density at radius 2 is 2.16 bits per heavy atom. The van der Waals surface area contributed by atoms with Gasteiger partial charge >= 0.3 is 0 Å². The van der Waals surface area contributed by atoms with Crippen molar-refractivity contribution in [3.05, 3.63) is 22.4 Å². The lowest BCUT2D eigenvalue weighted by Gasteiger charge is -1.99. The van der Waals surface area contributed by atoms with E-state index in [-0.39, 0.29) is 0 Å². The number of rotatable bonds is 6. The van der Waals surface area contributed by atoms with Crippen LogP contribution in [0, 0.1) is 0 Å². The Bertz CT molecular complexity index is 646. The quantitative estimate of drug-likeness (QED) is 0.855. The normalized spacial score (nSPS) is 11.7. The van der Waals surface area contributed by atoms with Crippen molar-refractivity contribution < 1.29 is 8.42 Å². The highest BCUT2D eigenvalue weighted by Gasteiger charge is 2.07. The molecule has 0 aliphatic carbocycles. The van der Waals surface area contributed by atoms with Crippen LogP contribution in [-0.4, -0.2) is 33.2 Å². The second-order valence-corrected chi connectivity index (χ2v) is 7.83. The fourth-order valence-corrected chi connectivity index (χ4v) is 3.70. The second-order valence-electron chi connectivity index (χ2n) is 3.97. The van der Waals surface area contributed by atoms with E-state index in [1.54, 1.807) is 22.7 Å². The van der Waals surface area contributed by atoms with Gasteiger partial charge in [-0.3, -0.25) is 0 Å². The highest BCUT2D eigenvalue weighted by atomic mass is 32.2. The molecule has 0 amide bonds. The molecule has 19 heavy (non-hydrogen) atoms. The third kappa shape index (κ3) is 4.27. The Hall–Kier alpha value is -0.960. The zero-order chi connectivity index (χ0) is 13.9. The molecule has 0 spiro atoms. The first-order chi connectivity index (χ1) is 8.98. The van der Waals surface area contributed by atoms with Gasteiger partial charge in [0.25, 0.3) is 0 Å². The predicted octanol–water partition coefficient (Wildman–Crippen LogP) is 2.01. The van der Waals surface area contributed by atoms with Gasteiger partial charge in [-0.15, -0.1) is 22.7 Å². The van der Waals surface area contributed by atoms with Crippen LogP contribution in [0.2, 0.25) is 0 Å². The number of aromatic nitrogens is 1. The molecule has 0 bridgehead atoms. The van der Waals surface area contributed by atoms with Crippen molar-refractivity contribution in [2.24, 2.45) is 0 Å². The maximum Gasteiger partial charge on any atom is 0.208 e. The Kier molecular flexibility index (Phi) is 4.56. The summed E-state index contributed by atoms with van der Waals surface area (Å²) in [7, 11) is -1.26. The summed E-state index contributed by atoms with van der Waals surface area (Å²) in [5.41, 5.74) is 0.960. The van der Waals surface area contributed by atoms with Crippen LogP contribution in [0.4, 0.5) is 5.13 Å². The van der Waals surface area contributed by atoms with E-state index in [9.17, 15) is 8.42 Å². The summed E-state index contributed by atoms with van der Waals surface area (Å²) in [5.74, 6) is 0. The molecule has 2 N–H and O–H groups in total. The van der Waals surface area contributed by atoms with Crippen molar-refractivity contribution in [3.63, 3.8) is 0 Å². The van der Waals surface area contributed by atoms with Gasteiger partial charge in [0.05, 0.1) is 16.8 Å². The molecule has 2 aromatic heterocycles. The minimum absolute atomic E-state index is 0.428. The molecule has 0 aromatic carbocycles. The largest absolute Gasteiger partial charge is 0.365 e. The molecule has 0 unspecified atom stereocenters. The molecule has 0 saturated carbocycles. The Morgan fingerprint density at radius 1 is 1.37 bits per heavy atom. The van der Waals surface area contributed by atoms with E-state index in [4.69, 9.17) is 0 Å². The molecule has 8 heteroatoms. The van der Waals surface area contributed by atoms with E-state index in [0.717, 1.165) is 20.6 Å². The third-order valence-corrected chi connectivity index (χ3v) is 5.12. The van der Waals surface area contributed by atoms with Crippen LogP contribution < -0.4 is 10.0 Å². The van der Waals surface area contributed by atoms with Crippen molar-refractivity contribution in [1.82, 2.24) is 9.71 Å². The predicted molar refractivity (Wildman–Crippen MR) is 81.5 cm³/mol. The van der Waals surface area contributed by atoms with E-state index >= 15 is 0 Å². The Morgan fingerprint density at radius 3 is 2.79 bits per heavy atom. The monoisotopic (exact) mass is 317 g/mol. The zero-order valence-electron chi connectivity index (χ0n) is 10.6. The molecular weight excluding hydrogens is 302 g/mol. The lowest BCUT2D eigenvalue weighted by Crippen LogP contribution is -2.23. The van der Waals surface area contributed by atoms with E-state index in [1.807, 2.05) is 24.6 Å². The molecule has 2 heterocycles. The molecule has 2 rings (SSSR count). The van der Waals surface area contributed by atoms with Gasteiger partial charge in [0.2, 0.25) is 10.0 Å². The van der Waals surface area contributed by atoms with Crippen molar-refractivity contribution in [1.29, 1.82) is 0 Å². The smallest absolute Gasteiger partial charge is 0.208 e. The number of hydrogen-bond donors (Lipinski definition) is 2. The maximum absolute atomic E-state index is 11.0. The van der Waals surface area contributed by atoms with Crippen LogP contribution in [0.15, 0.2) is 17.5 Å². The second kappa shape index (κ2) is 6.00. The lowest BCUT2D eigenvalue weighted by molar-refractivity contribution is 0.588. The SMILES string of the molecule is CNc1nc(-c2ccc(CCNS(C)(=O)=O)s2)cs1. The van der Waals surface area contributed by atoms with Crippen molar-refractivity contribution >= 4 is 37.8 Å². The first-order valence-corrected chi connectivity index (χ1v) is 9.24. The van der Waals surface area contributed by atoms with Crippen molar-refractivity contribution in [2.45, 2.75) is 6.42 Å². The van der Waals surface area contributed by atoms with Gasteiger partial charge in [0.15, 0.2) is 5.13 Å². The first-order valence-electron chi connectivity index (χ1n) is 5.65. The molecule has 0 saturated heterocycles. The minimum atomic E-state index is -3.10. The Labute approximate surface area is 120 Å². The summed E-state index contributed by atoms with van der Waals surface area (Å²) < 4.78 is 24.4. The highest BCUT2D eigenvalue weighted by molar-refractivity contribution is 7.88. The van der Waals surface area contributed by atoms with Crippen LogP contribution in [0.3, 0.4) is 0 Å². The zero-order valence-corrected chi connectivity index (χ0v) is 13.1. The van der Waals surface area contributed by atoms with Gasteiger partial charge in [-0.1, -0.05) is 0 Å². The van der Waals surface area contributed by atoms with Gasteiger partial charge < -0.3 is 5.32 Å². The van der Waals surface area contributed by atoms with E-state index in [1.165, 1.54) is 6.26 Å². The van der Waals surface area contributed by atoms with E-state index < -0.39 is 10.0 Å². The van der Waals surface area contributed by atoms with Crippen molar-refractivity contribution in [2.75, 3.05) is 25.2 Å². The number of sulfonamides is 1. The molecule has 0 atom stereocenters. The van der Waals surface area contributed by atoms with Crippen LogP contribution in [-0.2, 0) is 16.4 Å². The van der Waals surface area contributed by atoms with Crippen LogP contribution in [0.5, 0.6) is 0 Å². The molecule has 0 aliphatic rings. The van der Waals surface area contributed by atoms with Crippen LogP contribution in [0.1, 0.15) is 4.88 Å². The van der Waals surface area contributed by atoms with Crippen molar-refractivity contribution in [3.8, 4) is 10.6 Å². The summed E-state index contributed by atoms with van der Waals surface area (Å²) in [6.07, 6.45) is 1.86. The topological polar surface area (TPSA) is 71.1 Å². The fraction of sp³-hybridized carbons (Fsp3) is 0.364. The molecule has 104 valence electrons. The van der Waals surface area contributed by atoms with E-state index in [0.29, 0.717) is 13.0 Å². The van der Waals surface area contributed by atoms with Gasteiger partial charge in [0.1, 0.15) is 0 Å². The maximum atomic E-state index is 11.0. The summed E-state index contributed by atoms with van der Waals surface area (Å²) in [4.78, 5) is 6.69. The third-order valence-electron chi connectivity index (χ3n) is 2.37. The summed E-state index contributed by atoms with van der Waals surface area (Å²) in [5, 5.41) is 5.91. The number of anilines is 1. The van der Waals surface area contributed by atoms with E-state index in [2.05, 4.69) is 15.0 Å².